The molecule has 140 valence electrons. The highest BCUT2D eigenvalue weighted by Gasteiger charge is 2.22. The van der Waals surface area contributed by atoms with E-state index in [-0.39, 0.29) is 11.5 Å². The van der Waals surface area contributed by atoms with Crippen LogP contribution in [0, 0.1) is 5.92 Å². The zero-order valence-electron chi connectivity index (χ0n) is 14.5. The lowest BCUT2D eigenvalue weighted by Crippen LogP contribution is -2.35. The number of hydrogen-bond donors (Lipinski definition) is 1. The van der Waals surface area contributed by atoms with Gasteiger partial charge in [-0.3, -0.25) is 9.69 Å². The van der Waals surface area contributed by atoms with Crippen LogP contribution in [0.5, 0.6) is 0 Å². The fraction of sp³-hybridized carbons (Fsp3) is 0.529. The molecule has 1 fully saturated rings. The lowest BCUT2D eigenvalue weighted by atomic mass is 9.94. The molecule has 1 N–H and O–H groups in total. The maximum Gasteiger partial charge on any atom is 0.266 e. The Hall–Kier alpha value is -2.00. The molecule has 9 heteroatoms. The third-order valence-corrected chi connectivity index (χ3v) is 5.17. The number of hydrogen-bond acceptors (Lipinski definition) is 6. The number of aromatic nitrogens is 3. The van der Waals surface area contributed by atoms with Crippen molar-refractivity contribution in [2.24, 2.45) is 5.92 Å². The Balaban J connectivity index is 1.53. The summed E-state index contributed by atoms with van der Waals surface area (Å²) in [5.41, 5.74) is -0.140. The van der Waals surface area contributed by atoms with Crippen molar-refractivity contribution < 1.29 is 13.6 Å². The number of nitrogens with one attached hydrogen (secondary N) is 1. The molecule has 0 aliphatic carbocycles. The first-order chi connectivity index (χ1) is 12.5. The van der Waals surface area contributed by atoms with E-state index < -0.39 is 6.43 Å². The van der Waals surface area contributed by atoms with Gasteiger partial charge in [0.2, 0.25) is 5.91 Å². The van der Waals surface area contributed by atoms with E-state index in [1.807, 2.05) is 0 Å². The molecular weight excluding hydrogens is 360 g/mol. The number of rotatable bonds is 6. The summed E-state index contributed by atoms with van der Waals surface area (Å²) >= 11 is 1.48. The van der Waals surface area contributed by atoms with E-state index in [0.29, 0.717) is 23.3 Å². The number of amides is 1. The second-order valence-corrected chi connectivity index (χ2v) is 7.61. The molecule has 0 bridgehead atoms. The Morgan fingerprint density at radius 3 is 2.81 bits per heavy atom. The predicted octanol–water partition coefficient (Wildman–Crippen LogP) is 3.28. The molecule has 1 aliphatic heterocycles. The summed E-state index contributed by atoms with van der Waals surface area (Å²) in [6.45, 7) is 4.17. The summed E-state index contributed by atoms with van der Waals surface area (Å²) in [5.74, 6) is 0.901. The molecule has 3 heterocycles. The number of anilines is 1. The summed E-state index contributed by atoms with van der Waals surface area (Å²) in [6.07, 6.45) is 4.55. The van der Waals surface area contributed by atoms with E-state index in [1.165, 1.54) is 30.7 Å². The molecule has 0 radical (unpaired) electrons. The van der Waals surface area contributed by atoms with Crippen molar-refractivity contribution in [2.45, 2.75) is 39.2 Å². The van der Waals surface area contributed by atoms with Gasteiger partial charge in [-0.05, 0) is 25.3 Å². The van der Waals surface area contributed by atoms with Gasteiger partial charge in [0.1, 0.15) is 5.82 Å². The molecular formula is C17H21F2N5OS. The van der Waals surface area contributed by atoms with Crippen molar-refractivity contribution in [3.63, 3.8) is 0 Å². The molecule has 2 aromatic rings. The number of alkyl halides is 2. The molecule has 1 aliphatic rings. The SMILES string of the molecule is CC(=O)Nc1ncc(CN2CCCC(Cc3ncc(C(F)F)cn3)C2)s1. The number of carbonyl (C=O) groups excluding carboxylic acids is 1. The zero-order valence-corrected chi connectivity index (χ0v) is 15.3. The van der Waals surface area contributed by atoms with Crippen LogP contribution >= 0.6 is 11.3 Å². The lowest BCUT2D eigenvalue weighted by molar-refractivity contribution is -0.114. The van der Waals surface area contributed by atoms with Gasteiger partial charge in [0.15, 0.2) is 5.13 Å². The first-order valence-corrected chi connectivity index (χ1v) is 9.35. The predicted molar refractivity (Wildman–Crippen MR) is 95.1 cm³/mol. The maximum atomic E-state index is 12.6. The van der Waals surface area contributed by atoms with Crippen LogP contribution in [0.3, 0.4) is 0 Å². The minimum atomic E-state index is -2.53. The lowest BCUT2D eigenvalue weighted by Gasteiger charge is -2.32. The first-order valence-electron chi connectivity index (χ1n) is 8.53. The normalized spacial score (nSPS) is 18.2. The van der Waals surface area contributed by atoms with Gasteiger partial charge in [-0.25, -0.2) is 23.7 Å². The average Bonchev–Trinajstić information content (AvgIpc) is 3.02. The van der Waals surface area contributed by atoms with E-state index in [4.69, 9.17) is 0 Å². The zero-order chi connectivity index (χ0) is 18.5. The smallest absolute Gasteiger partial charge is 0.266 e. The molecule has 0 spiro atoms. The van der Waals surface area contributed by atoms with Crippen molar-refractivity contribution in [2.75, 3.05) is 18.4 Å². The van der Waals surface area contributed by atoms with Crippen LogP contribution in [-0.4, -0.2) is 38.8 Å². The van der Waals surface area contributed by atoms with Crippen molar-refractivity contribution in [1.82, 2.24) is 19.9 Å². The summed E-state index contributed by atoms with van der Waals surface area (Å²) in [5, 5.41) is 3.32. The minimum absolute atomic E-state index is 0.123. The van der Waals surface area contributed by atoms with Crippen molar-refractivity contribution >= 4 is 22.4 Å². The van der Waals surface area contributed by atoms with E-state index in [1.54, 1.807) is 6.20 Å². The summed E-state index contributed by atoms with van der Waals surface area (Å²) in [7, 11) is 0. The van der Waals surface area contributed by atoms with E-state index in [2.05, 4.69) is 25.2 Å². The topological polar surface area (TPSA) is 71.0 Å². The van der Waals surface area contributed by atoms with Crippen LogP contribution in [0.15, 0.2) is 18.6 Å². The van der Waals surface area contributed by atoms with Crippen LogP contribution in [0.2, 0.25) is 0 Å². The number of piperidine rings is 1. The largest absolute Gasteiger partial charge is 0.302 e. The Bertz CT molecular complexity index is 737. The summed E-state index contributed by atoms with van der Waals surface area (Å²) in [4.78, 5) is 26.9. The first kappa shape index (κ1) is 18.8. The van der Waals surface area contributed by atoms with E-state index in [0.717, 1.165) is 37.4 Å². The highest BCUT2D eigenvalue weighted by atomic mass is 32.1. The third kappa shape index (κ3) is 5.25. The molecule has 1 atom stereocenters. The standard InChI is InChI=1S/C17H21F2N5OS/c1-11(25)23-17-22-8-14(26-17)10-24-4-2-3-12(9-24)5-15-20-6-13(7-21-15)16(18)19/h6-8,12,16H,2-5,9-10H2,1H3,(H,22,23,25). The molecule has 0 aromatic carbocycles. The van der Waals surface area contributed by atoms with Crippen LogP contribution in [0.1, 0.15) is 42.5 Å². The van der Waals surface area contributed by atoms with Gasteiger partial charge in [0, 0.05) is 49.9 Å². The number of carbonyl (C=O) groups is 1. The number of halogens is 2. The van der Waals surface area contributed by atoms with Gasteiger partial charge in [-0.1, -0.05) is 0 Å². The van der Waals surface area contributed by atoms with Gasteiger partial charge < -0.3 is 5.32 Å². The molecule has 3 rings (SSSR count). The Morgan fingerprint density at radius 2 is 2.12 bits per heavy atom. The van der Waals surface area contributed by atoms with Gasteiger partial charge >= 0.3 is 0 Å². The second kappa shape index (κ2) is 8.59. The number of likely N-dealkylation sites (tertiary alicyclic amines) is 1. The second-order valence-electron chi connectivity index (χ2n) is 6.49. The fourth-order valence-corrected chi connectivity index (χ4v) is 4.01. The maximum absolute atomic E-state index is 12.6. The van der Waals surface area contributed by atoms with Crippen LogP contribution in [0.4, 0.5) is 13.9 Å². The highest BCUT2D eigenvalue weighted by Crippen LogP contribution is 2.25. The van der Waals surface area contributed by atoms with Crippen LogP contribution < -0.4 is 5.32 Å². The van der Waals surface area contributed by atoms with E-state index in [9.17, 15) is 13.6 Å². The molecule has 6 nitrogen and oxygen atoms in total. The quantitative estimate of drug-likeness (QED) is 0.831. The molecule has 1 unspecified atom stereocenters. The van der Waals surface area contributed by atoms with Gasteiger partial charge in [0.25, 0.3) is 6.43 Å². The molecule has 0 saturated carbocycles. The Labute approximate surface area is 154 Å². The number of thiazole rings is 1. The molecule has 1 saturated heterocycles. The minimum Gasteiger partial charge on any atom is -0.302 e. The highest BCUT2D eigenvalue weighted by molar-refractivity contribution is 7.15. The monoisotopic (exact) mass is 381 g/mol. The third-order valence-electron chi connectivity index (χ3n) is 4.27. The molecule has 26 heavy (non-hydrogen) atoms. The summed E-state index contributed by atoms with van der Waals surface area (Å²) in [6, 6.07) is 0. The molecule has 1 amide bonds. The Kier molecular flexibility index (Phi) is 6.20. The molecule has 2 aromatic heterocycles. The van der Waals surface area contributed by atoms with Crippen LogP contribution in [-0.2, 0) is 17.8 Å². The number of nitrogens with zero attached hydrogens (tertiary/aromatic N) is 4. The average molecular weight is 381 g/mol. The van der Waals surface area contributed by atoms with E-state index >= 15 is 0 Å². The van der Waals surface area contributed by atoms with Gasteiger partial charge in [-0.15, -0.1) is 11.3 Å². The van der Waals surface area contributed by atoms with Crippen molar-refractivity contribution in [3.8, 4) is 0 Å². The van der Waals surface area contributed by atoms with Crippen molar-refractivity contribution in [1.29, 1.82) is 0 Å². The van der Waals surface area contributed by atoms with Gasteiger partial charge in [0.05, 0.1) is 5.56 Å². The summed E-state index contributed by atoms with van der Waals surface area (Å²) < 4.78 is 25.1. The van der Waals surface area contributed by atoms with Crippen molar-refractivity contribution in [3.05, 3.63) is 34.9 Å². The van der Waals surface area contributed by atoms with Gasteiger partial charge in [-0.2, -0.15) is 0 Å². The van der Waals surface area contributed by atoms with Crippen LogP contribution in [0.25, 0.3) is 0 Å². The Morgan fingerprint density at radius 1 is 1.35 bits per heavy atom. The fourth-order valence-electron chi connectivity index (χ4n) is 3.11.